The fourth-order valence-electron chi connectivity index (χ4n) is 1.39. The Hall–Kier alpha value is -2.29. The smallest absolute Gasteiger partial charge is 0.189 e. The molecule has 0 aliphatic heterocycles. The van der Waals surface area contributed by atoms with Gasteiger partial charge in [0.15, 0.2) is 5.78 Å². The third-order valence-corrected chi connectivity index (χ3v) is 2.35. The van der Waals surface area contributed by atoms with Crippen LogP contribution in [0.25, 0.3) is 6.08 Å². The predicted molar refractivity (Wildman–Crippen MR) is 65.1 cm³/mol. The van der Waals surface area contributed by atoms with Gasteiger partial charge in [-0.15, -0.1) is 0 Å². The van der Waals surface area contributed by atoms with Gasteiger partial charge in [-0.2, -0.15) is 0 Å². The quantitative estimate of drug-likeness (QED) is 0.596. The van der Waals surface area contributed by atoms with E-state index in [1.54, 1.807) is 19.3 Å². The normalized spacial score (nSPS) is 10.6. The zero-order valence-electron chi connectivity index (χ0n) is 9.42. The average molecular weight is 228 g/mol. The maximum absolute atomic E-state index is 11.6. The summed E-state index contributed by atoms with van der Waals surface area (Å²) in [7, 11) is 1.62. The van der Waals surface area contributed by atoms with E-state index in [1.807, 2.05) is 24.3 Å². The molecule has 0 bridgehead atoms. The maximum atomic E-state index is 11.6. The van der Waals surface area contributed by atoms with E-state index >= 15 is 0 Å². The topological polar surface area (TPSA) is 39.4 Å². The van der Waals surface area contributed by atoms with Gasteiger partial charge in [-0.3, -0.25) is 4.79 Å². The largest absolute Gasteiger partial charge is 0.497 e. The molecule has 0 radical (unpaired) electrons. The van der Waals surface area contributed by atoms with Crippen LogP contribution in [0.2, 0.25) is 0 Å². The molecule has 0 amide bonds. The molecule has 1 aromatic carbocycles. The fraction of sp³-hybridized carbons (Fsp3) is 0.0714. The van der Waals surface area contributed by atoms with Gasteiger partial charge < -0.3 is 9.15 Å². The molecule has 0 saturated carbocycles. The molecule has 0 spiro atoms. The van der Waals surface area contributed by atoms with Crippen molar-refractivity contribution >= 4 is 11.9 Å². The first-order valence-electron chi connectivity index (χ1n) is 5.18. The van der Waals surface area contributed by atoms with Crippen LogP contribution in [0.1, 0.15) is 15.9 Å². The third kappa shape index (κ3) is 2.84. The summed E-state index contributed by atoms with van der Waals surface area (Å²) in [4.78, 5) is 11.6. The second-order valence-electron chi connectivity index (χ2n) is 3.48. The number of ether oxygens (including phenoxy) is 1. The minimum absolute atomic E-state index is 0.0745. The number of carbonyl (C=O) groups is 1. The van der Waals surface area contributed by atoms with Crippen LogP contribution in [0.5, 0.6) is 5.75 Å². The highest BCUT2D eigenvalue weighted by molar-refractivity contribution is 6.06. The summed E-state index contributed by atoms with van der Waals surface area (Å²) >= 11 is 0. The molecule has 0 fully saturated rings. The molecule has 1 heterocycles. The van der Waals surface area contributed by atoms with E-state index in [9.17, 15) is 4.79 Å². The highest BCUT2D eigenvalue weighted by atomic mass is 16.5. The monoisotopic (exact) mass is 228 g/mol. The van der Waals surface area contributed by atoms with Gasteiger partial charge in [0, 0.05) is 0 Å². The molecule has 86 valence electrons. The molecule has 0 unspecified atom stereocenters. The second kappa shape index (κ2) is 5.16. The Morgan fingerprint density at radius 1 is 1.24 bits per heavy atom. The zero-order chi connectivity index (χ0) is 12.1. The summed E-state index contributed by atoms with van der Waals surface area (Å²) in [5.74, 6) is 0.720. The first-order chi connectivity index (χ1) is 8.29. The highest BCUT2D eigenvalue weighted by Gasteiger charge is 2.01. The average Bonchev–Trinajstić information content (AvgIpc) is 2.90. The van der Waals surface area contributed by atoms with Gasteiger partial charge in [-0.05, 0) is 29.8 Å². The van der Waals surface area contributed by atoms with E-state index in [1.165, 1.54) is 18.6 Å². The van der Waals surface area contributed by atoms with Crippen molar-refractivity contribution in [1.29, 1.82) is 0 Å². The minimum Gasteiger partial charge on any atom is -0.497 e. The fourth-order valence-corrected chi connectivity index (χ4v) is 1.39. The number of hydrogen-bond acceptors (Lipinski definition) is 3. The Morgan fingerprint density at radius 2 is 2.00 bits per heavy atom. The van der Waals surface area contributed by atoms with Gasteiger partial charge in [0.25, 0.3) is 0 Å². The van der Waals surface area contributed by atoms with E-state index in [0.717, 1.165) is 11.3 Å². The molecule has 3 nitrogen and oxygen atoms in total. The number of furan rings is 1. The van der Waals surface area contributed by atoms with E-state index < -0.39 is 0 Å². The first kappa shape index (κ1) is 11.2. The number of ketones is 1. The molecule has 0 atom stereocenters. The van der Waals surface area contributed by atoms with Crippen LogP contribution < -0.4 is 4.74 Å². The van der Waals surface area contributed by atoms with Crippen molar-refractivity contribution in [3.63, 3.8) is 0 Å². The SMILES string of the molecule is COc1ccc(C=CC(=O)c2ccoc2)cc1. The molecule has 17 heavy (non-hydrogen) atoms. The Morgan fingerprint density at radius 3 is 2.59 bits per heavy atom. The molecular formula is C14H12O3. The van der Waals surface area contributed by atoms with Gasteiger partial charge in [0.2, 0.25) is 0 Å². The number of benzene rings is 1. The number of hydrogen-bond donors (Lipinski definition) is 0. The second-order valence-corrected chi connectivity index (χ2v) is 3.48. The van der Waals surface area contributed by atoms with Gasteiger partial charge >= 0.3 is 0 Å². The van der Waals surface area contributed by atoms with Crippen LogP contribution in [-0.2, 0) is 0 Å². The molecular weight excluding hydrogens is 216 g/mol. The summed E-state index contributed by atoms with van der Waals surface area (Å²) in [6.07, 6.45) is 6.19. The van der Waals surface area contributed by atoms with Gasteiger partial charge in [0.1, 0.15) is 12.0 Å². The summed E-state index contributed by atoms with van der Waals surface area (Å²) in [5, 5.41) is 0. The van der Waals surface area contributed by atoms with Crippen LogP contribution in [0.3, 0.4) is 0 Å². The molecule has 0 aliphatic carbocycles. The molecule has 1 aromatic heterocycles. The number of allylic oxidation sites excluding steroid dienone is 1. The summed E-state index contributed by atoms with van der Waals surface area (Å²) < 4.78 is 9.90. The lowest BCUT2D eigenvalue weighted by Crippen LogP contribution is -1.90. The molecule has 2 rings (SSSR count). The molecule has 0 aliphatic rings. The zero-order valence-corrected chi connectivity index (χ0v) is 9.42. The maximum Gasteiger partial charge on any atom is 0.189 e. The van der Waals surface area contributed by atoms with Gasteiger partial charge in [0.05, 0.1) is 18.9 Å². The van der Waals surface area contributed by atoms with E-state index in [0.29, 0.717) is 5.56 Å². The number of carbonyl (C=O) groups excluding carboxylic acids is 1. The first-order valence-corrected chi connectivity index (χ1v) is 5.18. The van der Waals surface area contributed by atoms with Crippen LogP contribution in [-0.4, -0.2) is 12.9 Å². The van der Waals surface area contributed by atoms with Crippen molar-refractivity contribution in [3.05, 3.63) is 60.1 Å². The highest BCUT2D eigenvalue weighted by Crippen LogP contribution is 2.12. The lowest BCUT2D eigenvalue weighted by Gasteiger charge is -1.98. The summed E-state index contributed by atoms with van der Waals surface area (Å²) in [5.41, 5.74) is 1.50. The van der Waals surface area contributed by atoms with Gasteiger partial charge in [-0.1, -0.05) is 18.2 Å². The van der Waals surface area contributed by atoms with Crippen LogP contribution in [0.4, 0.5) is 0 Å². The van der Waals surface area contributed by atoms with Gasteiger partial charge in [-0.25, -0.2) is 0 Å². The third-order valence-electron chi connectivity index (χ3n) is 2.35. The van der Waals surface area contributed by atoms with Crippen LogP contribution >= 0.6 is 0 Å². The van der Waals surface area contributed by atoms with E-state index in [2.05, 4.69) is 0 Å². The number of rotatable bonds is 4. The van der Waals surface area contributed by atoms with E-state index in [-0.39, 0.29) is 5.78 Å². The Kier molecular flexibility index (Phi) is 3.40. The molecule has 3 heteroatoms. The van der Waals surface area contributed by atoms with Crippen molar-refractivity contribution in [1.82, 2.24) is 0 Å². The van der Waals surface area contributed by atoms with Crippen molar-refractivity contribution in [2.24, 2.45) is 0 Å². The number of methoxy groups -OCH3 is 1. The minimum atomic E-state index is -0.0745. The van der Waals surface area contributed by atoms with Crippen LogP contribution in [0.15, 0.2) is 53.4 Å². The van der Waals surface area contributed by atoms with Crippen LogP contribution in [0, 0.1) is 0 Å². The van der Waals surface area contributed by atoms with Crippen molar-refractivity contribution in [2.45, 2.75) is 0 Å². The van der Waals surface area contributed by atoms with Crippen molar-refractivity contribution in [3.8, 4) is 5.75 Å². The lowest BCUT2D eigenvalue weighted by atomic mass is 10.1. The molecule has 0 N–H and O–H groups in total. The predicted octanol–water partition coefficient (Wildman–Crippen LogP) is 3.18. The summed E-state index contributed by atoms with van der Waals surface area (Å²) in [6.45, 7) is 0. The standard InChI is InChI=1S/C14H12O3/c1-16-13-5-2-11(3-6-13)4-7-14(15)12-8-9-17-10-12/h2-10H,1H3. The van der Waals surface area contributed by atoms with E-state index in [4.69, 9.17) is 9.15 Å². The summed E-state index contributed by atoms with van der Waals surface area (Å²) in [6, 6.07) is 9.11. The van der Waals surface area contributed by atoms with Crippen molar-refractivity contribution < 1.29 is 13.9 Å². The Balaban J connectivity index is 2.07. The Bertz CT molecular complexity index is 507. The Labute approximate surface area is 99.3 Å². The van der Waals surface area contributed by atoms with Crippen molar-refractivity contribution in [2.75, 3.05) is 7.11 Å². The molecule has 2 aromatic rings. The lowest BCUT2D eigenvalue weighted by molar-refractivity contribution is 0.104. The molecule has 0 saturated heterocycles.